The van der Waals surface area contributed by atoms with E-state index in [1.54, 1.807) is 12.1 Å². The molecular weight excluding hydrogens is 210 g/mol. The van der Waals surface area contributed by atoms with Gasteiger partial charge >= 0.3 is 0 Å². The van der Waals surface area contributed by atoms with Gasteiger partial charge in [-0.25, -0.2) is 0 Å². The van der Waals surface area contributed by atoms with Gasteiger partial charge < -0.3 is 10.8 Å². The Bertz CT molecular complexity index is 477. The van der Waals surface area contributed by atoms with E-state index in [0.29, 0.717) is 5.75 Å². The van der Waals surface area contributed by atoms with Crippen molar-refractivity contribution >= 4 is 0 Å². The maximum absolute atomic E-state index is 9.26. The van der Waals surface area contributed by atoms with Crippen molar-refractivity contribution in [1.29, 1.82) is 0 Å². The first-order valence-corrected chi connectivity index (χ1v) is 5.88. The molecule has 0 saturated heterocycles. The van der Waals surface area contributed by atoms with Crippen LogP contribution < -0.4 is 5.73 Å². The van der Waals surface area contributed by atoms with Crippen LogP contribution in [0.25, 0.3) is 11.1 Å². The van der Waals surface area contributed by atoms with Crippen LogP contribution in [0.15, 0.2) is 48.5 Å². The van der Waals surface area contributed by atoms with Crippen LogP contribution in [0.2, 0.25) is 0 Å². The van der Waals surface area contributed by atoms with Crippen LogP contribution in [0.3, 0.4) is 0 Å². The molecule has 0 fully saturated rings. The lowest BCUT2D eigenvalue weighted by atomic mass is 10.0. The highest BCUT2D eigenvalue weighted by Crippen LogP contribution is 2.23. The van der Waals surface area contributed by atoms with Crippen LogP contribution in [0, 0.1) is 0 Å². The topological polar surface area (TPSA) is 46.2 Å². The minimum atomic E-state index is 0.299. The lowest BCUT2D eigenvalue weighted by molar-refractivity contribution is 0.475. The number of phenols is 1. The predicted molar refractivity (Wildman–Crippen MR) is 70.9 cm³/mol. The first-order valence-electron chi connectivity index (χ1n) is 5.88. The molecule has 88 valence electrons. The molecule has 0 aliphatic heterocycles. The SMILES string of the molecule is NCCCc1cccc(-c2ccc(O)cc2)c1. The van der Waals surface area contributed by atoms with Gasteiger partial charge in [0.1, 0.15) is 5.75 Å². The second-order valence-corrected chi connectivity index (χ2v) is 4.14. The molecule has 2 aromatic carbocycles. The number of hydrogen-bond donors (Lipinski definition) is 2. The molecule has 0 heterocycles. The van der Waals surface area contributed by atoms with Crippen LogP contribution in [0.4, 0.5) is 0 Å². The molecule has 17 heavy (non-hydrogen) atoms. The summed E-state index contributed by atoms with van der Waals surface area (Å²) in [5, 5.41) is 9.26. The summed E-state index contributed by atoms with van der Waals surface area (Å²) in [5.41, 5.74) is 9.12. The van der Waals surface area contributed by atoms with Crippen molar-refractivity contribution in [3.63, 3.8) is 0 Å². The van der Waals surface area contributed by atoms with E-state index in [4.69, 9.17) is 5.73 Å². The van der Waals surface area contributed by atoms with Crippen molar-refractivity contribution in [3.8, 4) is 16.9 Å². The Morgan fingerprint density at radius 2 is 1.71 bits per heavy atom. The fourth-order valence-electron chi connectivity index (χ4n) is 1.87. The Labute approximate surface area is 102 Å². The van der Waals surface area contributed by atoms with Crippen molar-refractivity contribution in [2.45, 2.75) is 12.8 Å². The van der Waals surface area contributed by atoms with E-state index in [0.717, 1.165) is 24.9 Å². The van der Waals surface area contributed by atoms with Gasteiger partial charge in [-0.2, -0.15) is 0 Å². The lowest BCUT2D eigenvalue weighted by Gasteiger charge is -2.05. The summed E-state index contributed by atoms with van der Waals surface area (Å²) in [5.74, 6) is 0.299. The zero-order valence-corrected chi connectivity index (χ0v) is 9.76. The fourth-order valence-corrected chi connectivity index (χ4v) is 1.87. The zero-order valence-electron chi connectivity index (χ0n) is 9.76. The minimum absolute atomic E-state index is 0.299. The van der Waals surface area contributed by atoms with E-state index in [2.05, 4.69) is 24.3 Å². The molecule has 2 aromatic rings. The highest BCUT2D eigenvalue weighted by Gasteiger charge is 1.99. The monoisotopic (exact) mass is 227 g/mol. The second kappa shape index (κ2) is 5.51. The molecule has 2 heteroatoms. The van der Waals surface area contributed by atoms with Gasteiger partial charge in [0.2, 0.25) is 0 Å². The van der Waals surface area contributed by atoms with Gasteiger partial charge in [-0.15, -0.1) is 0 Å². The summed E-state index contributed by atoms with van der Waals surface area (Å²) < 4.78 is 0. The number of nitrogens with two attached hydrogens (primary N) is 1. The highest BCUT2D eigenvalue weighted by molar-refractivity contribution is 5.64. The van der Waals surface area contributed by atoms with Crippen LogP contribution in [0.5, 0.6) is 5.75 Å². The van der Waals surface area contributed by atoms with Crippen LogP contribution in [-0.4, -0.2) is 11.7 Å². The third-order valence-corrected chi connectivity index (χ3v) is 2.80. The molecule has 2 nitrogen and oxygen atoms in total. The molecule has 0 aliphatic rings. The summed E-state index contributed by atoms with van der Waals surface area (Å²) in [6, 6.07) is 15.7. The lowest BCUT2D eigenvalue weighted by Crippen LogP contribution is -2.00. The molecule has 3 N–H and O–H groups in total. The average Bonchev–Trinajstić information content (AvgIpc) is 2.37. The third kappa shape index (κ3) is 3.08. The molecule has 0 radical (unpaired) electrons. The molecule has 0 unspecified atom stereocenters. The Morgan fingerprint density at radius 3 is 2.41 bits per heavy atom. The quantitative estimate of drug-likeness (QED) is 0.843. The summed E-state index contributed by atoms with van der Waals surface area (Å²) in [4.78, 5) is 0. The maximum atomic E-state index is 9.26. The van der Waals surface area contributed by atoms with Gasteiger partial charge in [-0.3, -0.25) is 0 Å². The molecular formula is C15H17NO. The fraction of sp³-hybridized carbons (Fsp3) is 0.200. The van der Waals surface area contributed by atoms with Crippen molar-refractivity contribution < 1.29 is 5.11 Å². The molecule has 2 rings (SSSR count). The Morgan fingerprint density at radius 1 is 0.941 bits per heavy atom. The normalized spacial score (nSPS) is 10.4. The molecule has 0 saturated carbocycles. The number of aromatic hydroxyl groups is 1. The number of benzene rings is 2. The first kappa shape index (κ1) is 11.7. The Balaban J connectivity index is 2.23. The second-order valence-electron chi connectivity index (χ2n) is 4.14. The Kier molecular flexibility index (Phi) is 3.78. The van der Waals surface area contributed by atoms with E-state index in [-0.39, 0.29) is 0 Å². The van der Waals surface area contributed by atoms with Crippen molar-refractivity contribution in [2.75, 3.05) is 6.54 Å². The zero-order chi connectivity index (χ0) is 12.1. The summed E-state index contributed by atoms with van der Waals surface area (Å²) in [6.45, 7) is 0.726. The summed E-state index contributed by atoms with van der Waals surface area (Å²) in [7, 11) is 0. The Hall–Kier alpha value is -1.80. The van der Waals surface area contributed by atoms with Crippen LogP contribution in [-0.2, 0) is 6.42 Å². The van der Waals surface area contributed by atoms with Gasteiger partial charge in [-0.1, -0.05) is 36.4 Å². The number of rotatable bonds is 4. The van der Waals surface area contributed by atoms with E-state index in [1.165, 1.54) is 11.1 Å². The smallest absolute Gasteiger partial charge is 0.115 e. The number of aryl methyl sites for hydroxylation is 1. The van der Waals surface area contributed by atoms with E-state index >= 15 is 0 Å². The van der Waals surface area contributed by atoms with Gasteiger partial charge in [0.25, 0.3) is 0 Å². The molecule has 0 atom stereocenters. The van der Waals surface area contributed by atoms with Crippen LogP contribution in [0.1, 0.15) is 12.0 Å². The van der Waals surface area contributed by atoms with Crippen LogP contribution >= 0.6 is 0 Å². The molecule has 0 aliphatic carbocycles. The summed E-state index contributed by atoms with van der Waals surface area (Å²) >= 11 is 0. The first-order chi connectivity index (χ1) is 8.29. The van der Waals surface area contributed by atoms with Gasteiger partial charge in [0.15, 0.2) is 0 Å². The molecule has 0 aromatic heterocycles. The van der Waals surface area contributed by atoms with E-state index in [9.17, 15) is 5.11 Å². The predicted octanol–water partition coefficient (Wildman–Crippen LogP) is 2.95. The van der Waals surface area contributed by atoms with Gasteiger partial charge in [-0.05, 0) is 48.2 Å². The standard InChI is InChI=1S/C15H17NO/c16-10-2-4-12-3-1-5-14(11-12)13-6-8-15(17)9-7-13/h1,3,5-9,11,17H,2,4,10,16H2. The molecule has 0 amide bonds. The number of hydrogen-bond acceptors (Lipinski definition) is 2. The molecule has 0 bridgehead atoms. The maximum Gasteiger partial charge on any atom is 0.115 e. The number of phenolic OH excluding ortho intramolecular Hbond substituents is 1. The van der Waals surface area contributed by atoms with Crippen molar-refractivity contribution in [3.05, 3.63) is 54.1 Å². The van der Waals surface area contributed by atoms with E-state index < -0.39 is 0 Å². The largest absolute Gasteiger partial charge is 0.508 e. The van der Waals surface area contributed by atoms with Crippen molar-refractivity contribution in [1.82, 2.24) is 0 Å². The van der Waals surface area contributed by atoms with Gasteiger partial charge in [0, 0.05) is 0 Å². The van der Waals surface area contributed by atoms with E-state index in [1.807, 2.05) is 12.1 Å². The summed E-state index contributed by atoms with van der Waals surface area (Å²) in [6.07, 6.45) is 2.03. The third-order valence-electron chi connectivity index (χ3n) is 2.80. The minimum Gasteiger partial charge on any atom is -0.508 e. The average molecular weight is 227 g/mol. The van der Waals surface area contributed by atoms with Crippen molar-refractivity contribution in [2.24, 2.45) is 5.73 Å². The molecule has 0 spiro atoms. The van der Waals surface area contributed by atoms with Gasteiger partial charge in [0.05, 0.1) is 0 Å². The highest BCUT2D eigenvalue weighted by atomic mass is 16.3.